The number of hydrogen-bond acceptors (Lipinski definition) is 4. The van der Waals surface area contributed by atoms with E-state index >= 15 is 0 Å². The summed E-state index contributed by atoms with van der Waals surface area (Å²) in [6.07, 6.45) is 2.60. The van der Waals surface area contributed by atoms with Crippen molar-refractivity contribution in [3.63, 3.8) is 0 Å². The van der Waals surface area contributed by atoms with Crippen LogP contribution in [0.5, 0.6) is 5.75 Å². The van der Waals surface area contributed by atoms with Crippen LogP contribution < -0.4 is 4.90 Å². The topological polar surface area (TPSA) is 49.2 Å². The van der Waals surface area contributed by atoms with Crippen LogP contribution >= 0.6 is 0 Å². The molecule has 0 aliphatic carbocycles. The molecule has 0 unspecified atom stereocenters. The number of benzene rings is 5. The van der Waals surface area contributed by atoms with Gasteiger partial charge in [-0.3, -0.25) is 4.98 Å². The number of phenols is 1. The molecular formula is C51H50N3OPt-. The minimum Gasteiger partial charge on any atom is -0.507 e. The fourth-order valence-electron chi connectivity index (χ4n) is 7.19. The van der Waals surface area contributed by atoms with Crippen molar-refractivity contribution >= 4 is 17.2 Å². The fraction of sp³-hybridized carbons (Fsp3) is 0.216. The number of nitrogens with zero attached hydrogens (tertiary/aromatic N) is 3. The van der Waals surface area contributed by atoms with Crippen molar-refractivity contribution in [2.45, 2.75) is 72.1 Å². The molecule has 5 aromatic carbocycles. The van der Waals surface area contributed by atoms with Crippen LogP contribution in [0.4, 0.5) is 17.2 Å². The first-order valence-corrected chi connectivity index (χ1v) is 19.3. The zero-order valence-electron chi connectivity index (χ0n) is 33.3. The second-order valence-corrected chi connectivity index (χ2v) is 16.0. The van der Waals surface area contributed by atoms with Crippen LogP contribution in [-0.4, -0.2) is 15.1 Å². The summed E-state index contributed by atoms with van der Waals surface area (Å²) in [5.74, 6) is 1.48. The molecule has 7 rings (SSSR count). The maximum Gasteiger partial charge on any atom is 0.136 e. The first-order valence-electron chi connectivity index (χ1n) is 19.3. The van der Waals surface area contributed by atoms with Crippen LogP contribution in [0.15, 0.2) is 146 Å². The van der Waals surface area contributed by atoms with Gasteiger partial charge in [-0.1, -0.05) is 133 Å². The number of aromatic nitrogens is 2. The van der Waals surface area contributed by atoms with Crippen molar-refractivity contribution in [1.29, 1.82) is 0 Å². The minimum absolute atomic E-state index is 0. The van der Waals surface area contributed by atoms with Gasteiger partial charge >= 0.3 is 0 Å². The molecule has 0 aliphatic heterocycles. The monoisotopic (exact) mass is 915 g/mol. The summed E-state index contributed by atoms with van der Waals surface area (Å²) in [5.41, 5.74) is 13.3. The van der Waals surface area contributed by atoms with E-state index in [9.17, 15) is 5.11 Å². The number of phenolic OH excluding ortho intramolecular Hbond substituents is 1. The van der Waals surface area contributed by atoms with Crippen molar-refractivity contribution in [2.24, 2.45) is 0 Å². The third-order valence-electron chi connectivity index (χ3n) is 10.2. The molecule has 0 fully saturated rings. The van der Waals surface area contributed by atoms with E-state index < -0.39 is 0 Å². The van der Waals surface area contributed by atoms with Gasteiger partial charge in [-0.2, -0.15) is 0 Å². The number of pyridine rings is 2. The van der Waals surface area contributed by atoms with Gasteiger partial charge in [-0.15, -0.1) is 29.3 Å². The summed E-state index contributed by atoms with van der Waals surface area (Å²) in [4.78, 5) is 12.6. The Labute approximate surface area is 347 Å². The van der Waals surface area contributed by atoms with Crippen molar-refractivity contribution in [1.82, 2.24) is 9.97 Å². The average Bonchev–Trinajstić information content (AvgIpc) is 3.18. The average molecular weight is 916 g/mol. The molecule has 7 aromatic rings. The molecule has 0 bridgehead atoms. The van der Waals surface area contributed by atoms with Gasteiger partial charge in [0.05, 0.1) is 11.4 Å². The standard InChI is InChI=1S/C51H50N3O.Pt/c1-34(2)44-31-39(38-20-12-9-13-21-38)32-45(35(3)4)50(44)54(49-24-16-17-25-52-49)42-30-40(29-41(33-42)51(5,6)7)46-27-37(26-36-18-10-8-11-19-36)28-47(53-46)43-22-14-15-23-48(43)55;/h8-25,27-29,31-35,55H,26H2,1-7H3;/q-1;. The number of rotatable bonds is 10. The van der Waals surface area contributed by atoms with Crippen LogP contribution in [0.2, 0.25) is 0 Å². The molecule has 56 heavy (non-hydrogen) atoms. The summed E-state index contributed by atoms with van der Waals surface area (Å²) in [6, 6.07) is 52.1. The largest absolute Gasteiger partial charge is 0.507 e. The van der Waals surface area contributed by atoms with Crippen LogP contribution in [-0.2, 0) is 32.9 Å². The molecule has 0 saturated heterocycles. The van der Waals surface area contributed by atoms with Crippen molar-refractivity contribution in [3.05, 3.63) is 180 Å². The van der Waals surface area contributed by atoms with E-state index in [1.54, 1.807) is 6.07 Å². The van der Waals surface area contributed by atoms with Crippen LogP contribution in [0.3, 0.4) is 0 Å². The van der Waals surface area contributed by atoms with Crippen LogP contribution in [0.25, 0.3) is 33.6 Å². The Morgan fingerprint density at radius 2 is 1.25 bits per heavy atom. The van der Waals surface area contributed by atoms with Gasteiger partial charge in [0.25, 0.3) is 0 Å². The second kappa shape index (κ2) is 17.2. The maximum atomic E-state index is 11.0. The van der Waals surface area contributed by atoms with Gasteiger partial charge in [0, 0.05) is 32.8 Å². The summed E-state index contributed by atoms with van der Waals surface area (Å²) >= 11 is 0. The fourth-order valence-corrected chi connectivity index (χ4v) is 7.19. The van der Waals surface area contributed by atoms with Crippen molar-refractivity contribution in [3.8, 4) is 39.4 Å². The van der Waals surface area contributed by atoms with E-state index in [4.69, 9.17) is 9.97 Å². The van der Waals surface area contributed by atoms with Crippen LogP contribution in [0.1, 0.15) is 88.1 Å². The summed E-state index contributed by atoms with van der Waals surface area (Å²) in [6.45, 7) is 15.9. The second-order valence-electron chi connectivity index (χ2n) is 16.0. The van der Waals surface area contributed by atoms with Crippen LogP contribution in [0, 0.1) is 6.07 Å². The molecule has 0 saturated carbocycles. The van der Waals surface area contributed by atoms with Gasteiger partial charge in [0.15, 0.2) is 0 Å². The molecule has 0 radical (unpaired) electrons. The SMILES string of the molecule is CC(C)c1cc(-c2ccccc2)cc(C(C)C)c1N(c1[c-]c(-c2cc(Cc3ccccc3)cc(-c3ccccc3O)n2)cc(C(C)(C)C)c1)c1ccccn1.[Pt]. The molecule has 5 heteroatoms. The summed E-state index contributed by atoms with van der Waals surface area (Å²) in [5, 5.41) is 11.0. The third kappa shape index (κ3) is 8.88. The maximum absolute atomic E-state index is 11.0. The number of anilines is 3. The summed E-state index contributed by atoms with van der Waals surface area (Å²) in [7, 11) is 0. The Morgan fingerprint density at radius 3 is 1.86 bits per heavy atom. The molecule has 1 N–H and O–H groups in total. The van der Waals surface area contributed by atoms with E-state index in [0.717, 1.165) is 51.7 Å². The molecular weight excluding hydrogens is 866 g/mol. The predicted octanol–water partition coefficient (Wildman–Crippen LogP) is 13.6. The Bertz CT molecular complexity index is 2370. The number of aromatic hydroxyl groups is 1. The molecule has 0 spiro atoms. The van der Waals surface area contributed by atoms with E-state index in [1.807, 2.05) is 36.5 Å². The van der Waals surface area contributed by atoms with E-state index in [2.05, 4.69) is 163 Å². The molecule has 2 aromatic heterocycles. The Balaban J connectivity index is 0.00000532. The molecule has 4 nitrogen and oxygen atoms in total. The van der Waals surface area contributed by atoms with Gasteiger partial charge in [0.1, 0.15) is 11.6 Å². The Hall–Kier alpha value is -5.31. The van der Waals surface area contributed by atoms with Gasteiger partial charge in [0.2, 0.25) is 0 Å². The zero-order valence-corrected chi connectivity index (χ0v) is 35.6. The Morgan fingerprint density at radius 1 is 0.643 bits per heavy atom. The Kier molecular flexibility index (Phi) is 12.4. The molecule has 2 heterocycles. The molecule has 0 aliphatic rings. The predicted molar refractivity (Wildman–Crippen MR) is 230 cm³/mol. The molecule has 0 amide bonds. The van der Waals surface area contributed by atoms with E-state index in [0.29, 0.717) is 5.56 Å². The number of hydrogen-bond donors (Lipinski definition) is 1. The first kappa shape index (κ1) is 40.4. The van der Waals surface area contributed by atoms with Crippen molar-refractivity contribution < 1.29 is 26.2 Å². The molecule has 286 valence electrons. The normalized spacial score (nSPS) is 11.4. The van der Waals surface area contributed by atoms with Gasteiger partial charge < -0.3 is 10.0 Å². The summed E-state index contributed by atoms with van der Waals surface area (Å²) < 4.78 is 0. The van der Waals surface area contributed by atoms with E-state index in [-0.39, 0.29) is 44.1 Å². The minimum atomic E-state index is -0.185. The first-order chi connectivity index (χ1) is 26.5. The van der Waals surface area contributed by atoms with Crippen molar-refractivity contribution in [2.75, 3.05) is 4.90 Å². The van der Waals surface area contributed by atoms with Gasteiger partial charge in [-0.25, -0.2) is 4.98 Å². The van der Waals surface area contributed by atoms with Gasteiger partial charge in [-0.05, 0) is 111 Å². The van der Waals surface area contributed by atoms with E-state index in [1.165, 1.54) is 27.8 Å². The smallest absolute Gasteiger partial charge is 0.136 e. The zero-order chi connectivity index (χ0) is 38.7. The third-order valence-corrected chi connectivity index (χ3v) is 10.2. The quantitative estimate of drug-likeness (QED) is 0.139. The number of para-hydroxylation sites is 1. The molecule has 0 atom stereocenters.